The van der Waals surface area contributed by atoms with Crippen LogP contribution in [0.25, 0.3) is 0 Å². The summed E-state index contributed by atoms with van der Waals surface area (Å²) in [5, 5.41) is 5.82. The maximum atomic E-state index is 12.3. The molecule has 0 radical (unpaired) electrons. The van der Waals surface area contributed by atoms with Gasteiger partial charge in [-0.15, -0.1) is 11.8 Å². The second-order valence-electron chi connectivity index (χ2n) is 7.32. The minimum atomic E-state index is -0.111. The predicted molar refractivity (Wildman–Crippen MR) is 117 cm³/mol. The molecule has 2 amide bonds. The summed E-state index contributed by atoms with van der Waals surface area (Å²) in [5.41, 5.74) is 2.08. The molecule has 0 spiro atoms. The Balaban J connectivity index is 1.45. The first-order valence-corrected chi connectivity index (χ1v) is 10.9. The van der Waals surface area contributed by atoms with Crippen LogP contribution in [0.5, 0.6) is 0 Å². The number of rotatable bonds is 7. The second kappa shape index (κ2) is 10.3. The molecule has 3 rings (SSSR count). The van der Waals surface area contributed by atoms with E-state index in [-0.39, 0.29) is 29.3 Å². The van der Waals surface area contributed by atoms with E-state index in [2.05, 4.69) is 10.6 Å². The van der Waals surface area contributed by atoms with E-state index in [1.54, 1.807) is 24.3 Å². The standard InChI is InChI=1S/C23H26N2O3S/c1-16(26)17-7-9-19(10-8-17)24-22(27)15-29-21-13-11-20(12-14-21)25-23(28)18-5-3-2-4-6-18/h7-14,18H,2-6,15H2,1H3,(H,24,27)(H,25,28). The second-order valence-corrected chi connectivity index (χ2v) is 8.37. The lowest BCUT2D eigenvalue weighted by atomic mass is 9.88. The summed E-state index contributed by atoms with van der Waals surface area (Å²) in [7, 11) is 0. The topological polar surface area (TPSA) is 75.3 Å². The molecule has 2 aromatic rings. The van der Waals surface area contributed by atoms with E-state index in [0.29, 0.717) is 11.3 Å². The van der Waals surface area contributed by atoms with Crippen molar-refractivity contribution in [2.24, 2.45) is 5.92 Å². The van der Waals surface area contributed by atoms with Gasteiger partial charge < -0.3 is 10.6 Å². The van der Waals surface area contributed by atoms with E-state index in [1.807, 2.05) is 24.3 Å². The van der Waals surface area contributed by atoms with Gasteiger partial charge in [-0.25, -0.2) is 0 Å². The zero-order valence-corrected chi connectivity index (χ0v) is 17.4. The van der Waals surface area contributed by atoms with Gasteiger partial charge in [0, 0.05) is 27.8 Å². The van der Waals surface area contributed by atoms with Crippen LogP contribution in [0.15, 0.2) is 53.4 Å². The highest BCUT2D eigenvalue weighted by atomic mass is 32.2. The average molecular weight is 411 g/mol. The summed E-state index contributed by atoms with van der Waals surface area (Å²) in [6.45, 7) is 1.51. The molecule has 0 aliphatic heterocycles. The third-order valence-corrected chi connectivity index (χ3v) is 6.05. The molecule has 0 aromatic heterocycles. The maximum Gasteiger partial charge on any atom is 0.234 e. The number of hydrogen-bond donors (Lipinski definition) is 2. The van der Waals surface area contributed by atoms with E-state index < -0.39 is 0 Å². The highest BCUT2D eigenvalue weighted by Gasteiger charge is 2.20. The fourth-order valence-corrected chi connectivity index (χ4v) is 4.08. The van der Waals surface area contributed by atoms with Crippen molar-refractivity contribution < 1.29 is 14.4 Å². The smallest absolute Gasteiger partial charge is 0.234 e. The molecule has 29 heavy (non-hydrogen) atoms. The Bertz CT molecular complexity index is 857. The van der Waals surface area contributed by atoms with Gasteiger partial charge in [0.25, 0.3) is 0 Å². The van der Waals surface area contributed by atoms with Crippen LogP contribution in [0.4, 0.5) is 11.4 Å². The number of amides is 2. The van der Waals surface area contributed by atoms with Crippen molar-refractivity contribution in [3.05, 3.63) is 54.1 Å². The number of Topliss-reactive ketones (excluding diaryl/α,β-unsaturated/α-hetero) is 1. The Morgan fingerprint density at radius 2 is 1.45 bits per heavy atom. The zero-order chi connectivity index (χ0) is 20.6. The molecule has 0 atom stereocenters. The maximum absolute atomic E-state index is 12.3. The van der Waals surface area contributed by atoms with Gasteiger partial charge in [0.05, 0.1) is 5.75 Å². The zero-order valence-electron chi connectivity index (χ0n) is 16.6. The first-order chi connectivity index (χ1) is 14.0. The minimum Gasteiger partial charge on any atom is -0.326 e. The van der Waals surface area contributed by atoms with Crippen LogP contribution in [-0.2, 0) is 9.59 Å². The lowest BCUT2D eigenvalue weighted by Gasteiger charge is -2.20. The first kappa shape index (κ1) is 21.1. The van der Waals surface area contributed by atoms with Crippen LogP contribution in [0.2, 0.25) is 0 Å². The van der Waals surface area contributed by atoms with Crippen LogP contribution in [0, 0.1) is 5.92 Å². The van der Waals surface area contributed by atoms with E-state index >= 15 is 0 Å². The summed E-state index contributed by atoms with van der Waals surface area (Å²) < 4.78 is 0. The van der Waals surface area contributed by atoms with Gasteiger partial charge in [-0.05, 0) is 68.3 Å². The summed E-state index contributed by atoms with van der Waals surface area (Å²) in [6.07, 6.45) is 5.46. The summed E-state index contributed by atoms with van der Waals surface area (Å²) in [5.74, 6) is 0.408. The number of carbonyl (C=O) groups is 3. The number of hydrogen-bond acceptors (Lipinski definition) is 4. The third kappa shape index (κ3) is 6.46. The van der Waals surface area contributed by atoms with Gasteiger partial charge in [-0.2, -0.15) is 0 Å². The van der Waals surface area contributed by atoms with Crippen molar-refractivity contribution in [1.82, 2.24) is 0 Å². The molecule has 1 aliphatic rings. The molecule has 2 N–H and O–H groups in total. The van der Waals surface area contributed by atoms with Crippen LogP contribution in [0.1, 0.15) is 49.4 Å². The van der Waals surface area contributed by atoms with Crippen LogP contribution < -0.4 is 10.6 Å². The SMILES string of the molecule is CC(=O)c1ccc(NC(=O)CSc2ccc(NC(=O)C3CCCCC3)cc2)cc1. The van der Waals surface area contributed by atoms with Crippen molar-refractivity contribution in [3.63, 3.8) is 0 Å². The average Bonchev–Trinajstić information content (AvgIpc) is 2.74. The minimum absolute atomic E-state index is 0.00295. The van der Waals surface area contributed by atoms with Gasteiger partial charge in [0.2, 0.25) is 11.8 Å². The monoisotopic (exact) mass is 410 g/mol. The van der Waals surface area contributed by atoms with Crippen molar-refractivity contribution >= 4 is 40.7 Å². The van der Waals surface area contributed by atoms with E-state index in [0.717, 1.165) is 36.3 Å². The molecule has 0 bridgehead atoms. The number of thioether (sulfide) groups is 1. The molecular formula is C23H26N2O3S. The van der Waals surface area contributed by atoms with Crippen LogP contribution in [0.3, 0.4) is 0 Å². The van der Waals surface area contributed by atoms with Crippen molar-refractivity contribution in [2.45, 2.75) is 43.9 Å². The van der Waals surface area contributed by atoms with Crippen molar-refractivity contribution in [1.29, 1.82) is 0 Å². The Hall–Kier alpha value is -2.60. The van der Waals surface area contributed by atoms with E-state index in [9.17, 15) is 14.4 Å². The molecular weight excluding hydrogens is 384 g/mol. The fraction of sp³-hybridized carbons (Fsp3) is 0.348. The number of anilines is 2. The highest BCUT2D eigenvalue weighted by molar-refractivity contribution is 8.00. The predicted octanol–water partition coefficient (Wildman–Crippen LogP) is 5.14. The highest BCUT2D eigenvalue weighted by Crippen LogP contribution is 2.26. The van der Waals surface area contributed by atoms with Crippen molar-refractivity contribution in [3.8, 4) is 0 Å². The molecule has 152 valence electrons. The molecule has 1 saturated carbocycles. The van der Waals surface area contributed by atoms with Gasteiger partial charge in [0.15, 0.2) is 5.78 Å². The Kier molecular flexibility index (Phi) is 7.47. The Labute approximate surface area is 175 Å². The Morgan fingerprint density at radius 3 is 2.07 bits per heavy atom. The largest absolute Gasteiger partial charge is 0.326 e. The third-order valence-electron chi connectivity index (χ3n) is 5.04. The number of nitrogens with one attached hydrogen (secondary N) is 2. The summed E-state index contributed by atoms with van der Waals surface area (Å²) in [6, 6.07) is 14.4. The summed E-state index contributed by atoms with van der Waals surface area (Å²) >= 11 is 1.43. The van der Waals surface area contributed by atoms with Gasteiger partial charge in [-0.3, -0.25) is 14.4 Å². The molecule has 0 saturated heterocycles. The number of ketones is 1. The van der Waals surface area contributed by atoms with E-state index in [1.165, 1.54) is 25.1 Å². The lowest BCUT2D eigenvalue weighted by molar-refractivity contribution is -0.120. The van der Waals surface area contributed by atoms with Crippen molar-refractivity contribution in [2.75, 3.05) is 16.4 Å². The fourth-order valence-electron chi connectivity index (χ4n) is 3.38. The molecule has 6 heteroatoms. The quantitative estimate of drug-likeness (QED) is 0.490. The van der Waals surface area contributed by atoms with E-state index in [4.69, 9.17) is 0 Å². The molecule has 2 aromatic carbocycles. The molecule has 0 heterocycles. The molecule has 1 fully saturated rings. The lowest BCUT2D eigenvalue weighted by Crippen LogP contribution is -2.24. The number of carbonyl (C=O) groups excluding carboxylic acids is 3. The Morgan fingerprint density at radius 1 is 0.862 bits per heavy atom. The number of benzene rings is 2. The molecule has 0 unspecified atom stereocenters. The van der Waals surface area contributed by atoms with Gasteiger partial charge >= 0.3 is 0 Å². The molecule has 1 aliphatic carbocycles. The summed E-state index contributed by atoms with van der Waals surface area (Å²) in [4.78, 5) is 36.7. The van der Waals surface area contributed by atoms with Crippen LogP contribution >= 0.6 is 11.8 Å². The van der Waals surface area contributed by atoms with Gasteiger partial charge in [-0.1, -0.05) is 19.3 Å². The normalized spacial score (nSPS) is 14.2. The van der Waals surface area contributed by atoms with Crippen LogP contribution in [-0.4, -0.2) is 23.4 Å². The molecule has 5 nitrogen and oxygen atoms in total. The first-order valence-electron chi connectivity index (χ1n) is 9.96. The van der Waals surface area contributed by atoms with Gasteiger partial charge in [0.1, 0.15) is 0 Å².